The van der Waals surface area contributed by atoms with E-state index >= 15 is 0 Å². The Morgan fingerprint density at radius 1 is 0.788 bits per heavy atom. The van der Waals surface area contributed by atoms with Crippen molar-refractivity contribution < 1.29 is 23.9 Å². The average Bonchev–Trinajstić information content (AvgIpc) is 3.31. The van der Waals surface area contributed by atoms with E-state index < -0.39 is 29.7 Å². The Balaban J connectivity index is 1.40. The number of halogens is 1. The molecule has 1 fully saturated rings. The van der Waals surface area contributed by atoms with Gasteiger partial charge in [-0.2, -0.15) is 0 Å². The van der Waals surface area contributed by atoms with Crippen molar-refractivity contribution in [3.63, 3.8) is 0 Å². The molecule has 1 saturated carbocycles. The van der Waals surface area contributed by atoms with E-state index in [1.807, 2.05) is 24.3 Å². The Morgan fingerprint density at radius 3 is 2.03 bits per heavy atom. The second-order valence-electron chi connectivity index (χ2n) is 8.06. The minimum atomic E-state index is -0.904. The molecule has 1 aliphatic carbocycles. The monoisotopic (exact) mass is 446 g/mol. The van der Waals surface area contributed by atoms with Crippen molar-refractivity contribution in [2.45, 2.75) is 19.3 Å². The molecule has 3 N–H and O–H groups in total. The van der Waals surface area contributed by atoms with Crippen LogP contribution in [-0.2, 0) is 4.79 Å². The maximum atomic E-state index is 13.7. The zero-order valence-electron chi connectivity index (χ0n) is 17.8. The predicted octanol–water partition coefficient (Wildman–Crippen LogP) is 5.82. The molecule has 0 saturated heterocycles. The van der Waals surface area contributed by atoms with E-state index in [-0.39, 0.29) is 11.5 Å². The summed E-state index contributed by atoms with van der Waals surface area (Å²) in [6, 6.07) is 19.6. The Kier molecular flexibility index (Phi) is 6.49. The largest absolute Gasteiger partial charge is 0.481 e. The summed E-state index contributed by atoms with van der Waals surface area (Å²) in [7, 11) is 0. The summed E-state index contributed by atoms with van der Waals surface area (Å²) >= 11 is 0. The topological polar surface area (TPSA) is 95.5 Å². The number of Topliss-reactive ketones (excluding diaryl/α,β-unsaturated/α-hetero) is 1. The third-order valence-electron chi connectivity index (χ3n) is 5.94. The molecule has 0 heterocycles. The second kappa shape index (κ2) is 9.65. The van der Waals surface area contributed by atoms with Gasteiger partial charge in [-0.05, 0) is 48.2 Å². The number of rotatable bonds is 6. The van der Waals surface area contributed by atoms with Gasteiger partial charge in [-0.3, -0.25) is 9.59 Å². The van der Waals surface area contributed by atoms with E-state index in [0.29, 0.717) is 24.1 Å². The maximum Gasteiger partial charge on any atom is 0.323 e. The van der Waals surface area contributed by atoms with E-state index in [0.717, 1.165) is 17.5 Å². The molecule has 4 rings (SSSR count). The number of carboxylic acid groups (broad SMARTS) is 1. The van der Waals surface area contributed by atoms with Crippen LogP contribution in [0, 0.1) is 17.7 Å². The zero-order valence-corrected chi connectivity index (χ0v) is 17.8. The fraction of sp³-hybridized carbons (Fsp3) is 0.192. The third-order valence-corrected chi connectivity index (χ3v) is 5.94. The SMILES string of the molecule is O=C(Nc1ccc(-c2ccc(C(=O)[C@@H]3CCC[C@H]3C(=O)O)cc2)cc1)Nc1ccccc1F. The molecule has 0 aliphatic heterocycles. The van der Waals surface area contributed by atoms with Crippen molar-refractivity contribution in [1.29, 1.82) is 0 Å². The highest BCUT2D eigenvalue weighted by Gasteiger charge is 2.37. The van der Waals surface area contributed by atoms with Gasteiger partial charge in [-0.25, -0.2) is 9.18 Å². The molecule has 2 atom stereocenters. The van der Waals surface area contributed by atoms with Gasteiger partial charge in [0, 0.05) is 17.2 Å². The fourth-order valence-electron chi connectivity index (χ4n) is 4.20. The lowest BCUT2D eigenvalue weighted by Crippen LogP contribution is -2.25. The van der Waals surface area contributed by atoms with Gasteiger partial charge in [-0.1, -0.05) is 55.0 Å². The first-order valence-electron chi connectivity index (χ1n) is 10.7. The van der Waals surface area contributed by atoms with Crippen LogP contribution in [0.15, 0.2) is 72.8 Å². The van der Waals surface area contributed by atoms with E-state index in [2.05, 4.69) is 10.6 Å². The van der Waals surface area contributed by atoms with E-state index in [1.165, 1.54) is 12.1 Å². The predicted molar refractivity (Wildman–Crippen MR) is 124 cm³/mol. The molecule has 7 heteroatoms. The van der Waals surface area contributed by atoms with Crippen LogP contribution in [0.25, 0.3) is 11.1 Å². The quantitative estimate of drug-likeness (QED) is 0.416. The molecule has 1 aliphatic rings. The van der Waals surface area contributed by atoms with Crippen molar-refractivity contribution in [3.05, 3.63) is 84.2 Å². The fourth-order valence-corrected chi connectivity index (χ4v) is 4.20. The number of carbonyl (C=O) groups is 3. The number of ketones is 1. The van der Waals surface area contributed by atoms with Crippen LogP contribution in [-0.4, -0.2) is 22.9 Å². The normalized spacial score (nSPS) is 17.4. The molecule has 2 amide bonds. The van der Waals surface area contributed by atoms with Crippen LogP contribution in [0.4, 0.5) is 20.6 Å². The minimum absolute atomic E-state index is 0.0912. The highest BCUT2D eigenvalue weighted by molar-refractivity contribution is 6.01. The Hall–Kier alpha value is -4.00. The van der Waals surface area contributed by atoms with Crippen LogP contribution in [0.5, 0.6) is 0 Å². The molecular weight excluding hydrogens is 423 g/mol. The molecule has 0 spiro atoms. The molecule has 168 valence electrons. The van der Waals surface area contributed by atoms with Gasteiger partial charge < -0.3 is 15.7 Å². The number of benzene rings is 3. The van der Waals surface area contributed by atoms with E-state index in [4.69, 9.17) is 0 Å². The molecule has 0 aromatic heterocycles. The lowest BCUT2D eigenvalue weighted by atomic mass is 9.88. The summed E-state index contributed by atoms with van der Waals surface area (Å²) in [5.41, 5.74) is 2.92. The van der Waals surface area contributed by atoms with Gasteiger partial charge in [0.25, 0.3) is 0 Å². The van der Waals surface area contributed by atoms with Crippen LogP contribution in [0.2, 0.25) is 0 Å². The van der Waals surface area contributed by atoms with Crippen molar-refractivity contribution >= 4 is 29.2 Å². The summed E-state index contributed by atoms with van der Waals surface area (Å²) in [6.45, 7) is 0. The van der Waals surface area contributed by atoms with Crippen LogP contribution in [0.1, 0.15) is 29.6 Å². The summed E-state index contributed by atoms with van der Waals surface area (Å²) in [5.74, 6) is -2.61. The van der Waals surface area contributed by atoms with Gasteiger partial charge in [0.15, 0.2) is 5.78 Å². The van der Waals surface area contributed by atoms with E-state index in [9.17, 15) is 23.9 Å². The number of carbonyl (C=O) groups excluding carboxylic acids is 2. The summed E-state index contributed by atoms with van der Waals surface area (Å²) < 4.78 is 13.7. The van der Waals surface area contributed by atoms with Crippen LogP contribution in [0.3, 0.4) is 0 Å². The summed E-state index contributed by atoms with van der Waals surface area (Å²) in [6.07, 6.45) is 1.91. The molecule has 3 aromatic rings. The Bertz CT molecular complexity index is 1180. The number of nitrogens with one attached hydrogen (secondary N) is 2. The van der Waals surface area contributed by atoms with Gasteiger partial charge in [0.05, 0.1) is 11.6 Å². The van der Waals surface area contributed by atoms with Crippen LogP contribution < -0.4 is 10.6 Å². The highest BCUT2D eigenvalue weighted by atomic mass is 19.1. The number of aliphatic carboxylic acids is 1. The lowest BCUT2D eigenvalue weighted by Gasteiger charge is -2.14. The first-order chi connectivity index (χ1) is 15.9. The first-order valence-corrected chi connectivity index (χ1v) is 10.7. The van der Waals surface area contributed by atoms with Gasteiger partial charge in [-0.15, -0.1) is 0 Å². The zero-order chi connectivity index (χ0) is 23.4. The Morgan fingerprint density at radius 2 is 1.39 bits per heavy atom. The van der Waals surface area contributed by atoms with Gasteiger partial charge >= 0.3 is 12.0 Å². The summed E-state index contributed by atoms with van der Waals surface area (Å²) in [5, 5.41) is 14.5. The summed E-state index contributed by atoms with van der Waals surface area (Å²) in [4.78, 5) is 36.3. The molecule has 6 nitrogen and oxygen atoms in total. The first kappa shape index (κ1) is 22.2. The lowest BCUT2D eigenvalue weighted by molar-refractivity contribution is -0.142. The molecule has 3 aromatic carbocycles. The number of anilines is 2. The van der Waals surface area contributed by atoms with Crippen molar-refractivity contribution in [2.24, 2.45) is 11.8 Å². The van der Waals surface area contributed by atoms with Crippen molar-refractivity contribution in [1.82, 2.24) is 0 Å². The maximum absolute atomic E-state index is 13.7. The molecular formula is C26H23FN2O4. The smallest absolute Gasteiger partial charge is 0.323 e. The number of amides is 2. The van der Waals surface area contributed by atoms with E-state index in [1.54, 1.807) is 36.4 Å². The van der Waals surface area contributed by atoms with Crippen molar-refractivity contribution in [3.8, 4) is 11.1 Å². The molecule has 33 heavy (non-hydrogen) atoms. The van der Waals surface area contributed by atoms with Gasteiger partial charge in [0.1, 0.15) is 5.82 Å². The van der Waals surface area contributed by atoms with Gasteiger partial charge in [0.2, 0.25) is 0 Å². The third kappa shape index (κ3) is 5.09. The standard InChI is InChI=1S/C26H23FN2O4/c27-22-6-1-2-7-23(22)29-26(33)28-19-14-12-17(13-15-19)16-8-10-18(11-9-16)24(30)20-4-3-5-21(20)25(31)32/h1-2,6-15,20-21H,3-5H2,(H,31,32)(H2,28,29,33)/t20-,21-/m1/s1. The number of carboxylic acids is 1. The number of urea groups is 1. The van der Waals surface area contributed by atoms with Crippen molar-refractivity contribution in [2.75, 3.05) is 10.6 Å². The molecule has 0 bridgehead atoms. The number of para-hydroxylation sites is 1. The Labute approximate surface area is 190 Å². The molecule has 0 unspecified atom stereocenters. The van der Waals surface area contributed by atoms with Crippen LogP contribution >= 0.6 is 0 Å². The second-order valence-corrected chi connectivity index (χ2v) is 8.06. The number of hydrogen-bond donors (Lipinski definition) is 3. The highest BCUT2D eigenvalue weighted by Crippen LogP contribution is 2.35. The molecule has 0 radical (unpaired) electrons. The number of hydrogen-bond acceptors (Lipinski definition) is 3. The average molecular weight is 446 g/mol. The minimum Gasteiger partial charge on any atom is -0.481 e.